The minimum absolute atomic E-state index is 0.629. The van der Waals surface area contributed by atoms with Crippen molar-refractivity contribution in [1.82, 2.24) is 14.6 Å². The molecule has 1 aliphatic heterocycles. The molecule has 0 unspecified atom stereocenters. The van der Waals surface area contributed by atoms with Gasteiger partial charge in [-0.2, -0.15) is 9.61 Å². The van der Waals surface area contributed by atoms with Crippen LogP contribution < -0.4 is 19.8 Å². The number of hydrogen-bond donors (Lipinski definition) is 1. The maximum Gasteiger partial charge on any atom is 0.227 e. The molecule has 2 aliphatic rings. The van der Waals surface area contributed by atoms with Crippen LogP contribution in [0, 0.1) is 0 Å². The molecule has 2 fully saturated rings. The zero-order chi connectivity index (χ0) is 18.9. The molecule has 28 heavy (non-hydrogen) atoms. The second-order valence-corrected chi connectivity index (χ2v) is 7.77. The van der Waals surface area contributed by atoms with Crippen LogP contribution >= 0.6 is 0 Å². The van der Waals surface area contributed by atoms with Gasteiger partial charge >= 0.3 is 0 Å². The normalized spacial score (nSPS) is 17.1. The van der Waals surface area contributed by atoms with Crippen LogP contribution in [0.5, 0.6) is 0 Å². The molecule has 0 bridgehead atoms. The Labute approximate surface area is 164 Å². The maximum absolute atomic E-state index is 5.27. The van der Waals surface area contributed by atoms with Gasteiger partial charge in [-0.3, -0.25) is 4.84 Å². The van der Waals surface area contributed by atoms with E-state index in [0.717, 1.165) is 35.9 Å². The molecule has 0 spiro atoms. The number of nitrogens with one attached hydrogen (secondary N) is 1. The average molecular weight is 379 g/mol. The SMILES string of the molecule is CO[n+]1cccc(CNc2cc(N3CCCCC3)nc3c(C4CC4)cnn23)c1. The third-order valence-electron chi connectivity index (χ3n) is 5.70. The zero-order valence-corrected chi connectivity index (χ0v) is 16.3. The fourth-order valence-electron chi connectivity index (χ4n) is 3.97. The van der Waals surface area contributed by atoms with Crippen LogP contribution in [0.2, 0.25) is 0 Å². The van der Waals surface area contributed by atoms with Gasteiger partial charge in [-0.25, -0.2) is 4.98 Å². The van der Waals surface area contributed by atoms with Crippen LogP contribution in [0.25, 0.3) is 5.65 Å². The number of aromatic nitrogens is 4. The van der Waals surface area contributed by atoms with Gasteiger partial charge in [0.05, 0.1) is 6.20 Å². The van der Waals surface area contributed by atoms with Crippen molar-refractivity contribution >= 4 is 17.3 Å². The summed E-state index contributed by atoms with van der Waals surface area (Å²) in [6, 6.07) is 6.22. The molecule has 0 radical (unpaired) electrons. The first-order valence-corrected chi connectivity index (χ1v) is 10.2. The Morgan fingerprint density at radius 2 is 2.11 bits per heavy atom. The Morgan fingerprint density at radius 3 is 2.89 bits per heavy atom. The number of pyridine rings is 1. The maximum atomic E-state index is 5.27. The molecule has 7 heteroatoms. The van der Waals surface area contributed by atoms with E-state index in [1.54, 1.807) is 11.8 Å². The molecule has 0 aromatic carbocycles. The molecule has 5 rings (SSSR count). The third-order valence-corrected chi connectivity index (χ3v) is 5.70. The van der Waals surface area contributed by atoms with Crippen molar-refractivity contribution in [2.45, 2.75) is 44.6 Å². The van der Waals surface area contributed by atoms with Crippen LogP contribution in [0.4, 0.5) is 11.6 Å². The number of fused-ring (bicyclic) bond motifs is 1. The lowest BCUT2D eigenvalue weighted by Gasteiger charge is -2.28. The zero-order valence-electron chi connectivity index (χ0n) is 16.3. The number of anilines is 2. The van der Waals surface area contributed by atoms with E-state index in [1.807, 2.05) is 29.2 Å². The molecule has 1 aliphatic carbocycles. The number of nitrogens with zero attached hydrogens (tertiary/aromatic N) is 5. The van der Waals surface area contributed by atoms with Crippen molar-refractivity contribution in [3.8, 4) is 0 Å². The topological polar surface area (TPSA) is 58.6 Å². The summed E-state index contributed by atoms with van der Waals surface area (Å²) in [7, 11) is 1.66. The third kappa shape index (κ3) is 3.37. The van der Waals surface area contributed by atoms with E-state index in [0.29, 0.717) is 12.5 Å². The Bertz CT molecular complexity index is 974. The predicted octanol–water partition coefficient (Wildman–Crippen LogP) is 2.55. The largest absolute Gasteiger partial charge is 0.366 e. The smallest absolute Gasteiger partial charge is 0.227 e. The van der Waals surface area contributed by atoms with Gasteiger partial charge < -0.3 is 10.2 Å². The summed E-state index contributed by atoms with van der Waals surface area (Å²) in [6.07, 6.45) is 12.2. The van der Waals surface area contributed by atoms with Crippen molar-refractivity contribution in [1.29, 1.82) is 0 Å². The number of piperidine rings is 1. The Kier molecular flexibility index (Phi) is 4.50. The van der Waals surface area contributed by atoms with E-state index in [2.05, 4.69) is 27.4 Å². The predicted molar refractivity (Wildman–Crippen MR) is 107 cm³/mol. The van der Waals surface area contributed by atoms with Gasteiger partial charge in [0.25, 0.3) is 0 Å². The molecular weight excluding hydrogens is 352 g/mol. The molecule has 1 saturated carbocycles. The van der Waals surface area contributed by atoms with E-state index < -0.39 is 0 Å². The molecule has 3 aromatic rings. The summed E-state index contributed by atoms with van der Waals surface area (Å²) in [6.45, 7) is 2.87. The molecule has 146 valence electrons. The number of rotatable bonds is 6. The monoisotopic (exact) mass is 379 g/mol. The lowest BCUT2D eigenvalue weighted by atomic mass is 10.1. The molecule has 1 saturated heterocycles. The van der Waals surface area contributed by atoms with E-state index in [4.69, 9.17) is 9.82 Å². The van der Waals surface area contributed by atoms with Crippen molar-refractivity contribution in [2.75, 3.05) is 30.4 Å². The first-order valence-electron chi connectivity index (χ1n) is 10.2. The molecule has 4 heterocycles. The second kappa shape index (κ2) is 7.30. The second-order valence-electron chi connectivity index (χ2n) is 7.77. The Morgan fingerprint density at radius 1 is 1.25 bits per heavy atom. The van der Waals surface area contributed by atoms with E-state index in [1.165, 1.54) is 37.7 Å². The number of hydrogen-bond acceptors (Lipinski definition) is 5. The lowest BCUT2D eigenvalue weighted by Crippen LogP contribution is -2.40. The van der Waals surface area contributed by atoms with E-state index in [-0.39, 0.29) is 0 Å². The van der Waals surface area contributed by atoms with Crippen molar-refractivity contribution in [3.05, 3.63) is 47.9 Å². The minimum atomic E-state index is 0.629. The highest BCUT2D eigenvalue weighted by atomic mass is 16.6. The van der Waals surface area contributed by atoms with Gasteiger partial charge in [-0.05, 0) is 44.1 Å². The van der Waals surface area contributed by atoms with Crippen LogP contribution in [-0.4, -0.2) is 34.8 Å². The minimum Gasteiger partial charge on any atom is -0.366 e. The lowest BCUT2D eigenvalue weighted by molar-refractivity contribution is -0.885. The molecule has 0 amide bonds. The van der Waals surface area contributed by atoms with Crippen molar-refractivity contribution in [3.63, 3.8) is 0 Å². The van der Waals surface area contributed by atoms with Gasteiger partial charge in [-0.15, -0.1) is 0 Å². The summed E-state index contributed by atoms with van der Waals surface area (Å²) >= 11 is 0. The van der Waals surface area contributed by atoms with Gasteiger partial charge in [0, 0.05) is 47.6 Å². The molecular formula is C21H27N6O+. The van der Waals surface area contributed by atoms with Crippen LogP contribution in [0.1, 0.15) is 49.1 Å². The van der Waals surface area contributed by atoms with Crippen LogP contribution in [0.15, 0.2) is 36.8 Å². The summed E-state index contributed by atoms with van der Waals surface area (Å²) in [5.41, 5.74) is 3.44. The summed E-state index contributed by atoms with van der Waals surface area (Å²) < 4.78 is 3.67. The molecule has 7 nitrogen and oxygen atoms in total. The van der Waals surface area contributed by atoms with E-state index in [9.17, 15) is 0 Å². The fraction of sp³-hybridized carbons (Fsp3) is 0.476. The van der Waals surface area contributed by atoms with Gasteiger partial charge in [0.1, 0.15) is 18.7 Å². The first kappa shape index (κ1) is 17.3. The van der Waals surface area contributed by atoms with Crippen LogP contribution in [-0.2, 0) is 6.54 Å². The Balaban J connectivity index is 1.48. The van der Waals surface area contributed by atoms with E-state index >= 15 is 0 Å². The van der Waals surface area contributed by atoms with Gasteiger partial charge in [0.15, 0.2) is 5.65 Å². The van der Waals surface area contributed by atoms with Crippen molar-refractivity contribution < 1.29 is 9.57 Å². The summed E-state index contributed by atoms with van der Waals surface area (Å²) in [5, 5.41) is 8.23. The molecule has 1 N–H and O–H groups in total. The fourth-order valence-corrected chi connectivity index (χ4v) is 3.97. The molecule has 0 atom stereocenters. The highest BCUT2D eigenvalue weighted by Gasteiger charge is 2.28. The van der Waals surface area contributed by atoms with Crippen LogP contribution in [0.3, 0.4) is 0 Å². The average Bonchev–Trinajstić information content (AvgIpc) is 3.51. The standard InChI is InChI=1S/C21H27N6O/c1-28-26-11-5-6-16(15-26)13-22-19-12-20(25-9-3-2-4-10-25)24-21-18(17-7-8-17)14-23-27(19)21/h5-6,11-12,14-15,17,22H,2-4,7-10,13H2,1H3/q+1. The summed E-state index contributed by atoms with van der Waals surface area (Å²) in [5.74, 6) is 2.69. The quantitative estimate of drug-likeness (QED) is 0.667. The molecule has 3 aromatic heterocycles. The highest BCUT2D eigenvalue weighted by molar-refractivity contribution is 5.62. The van der Waals surface area contributed by atoms with Crippen molar-refractivity contribution in [2.24, 2.45) is 0 Å². The Hall–Kier alpha value is -2.83. The summed E-state index contributed by atoms with van der Waals surface area (Å²) in [4.78, 5) is 12.7. The first-order chi connectivity index (χ1) is 13.8. The highest BCUT2D eigenvalue weighted by Crippen LogP contribution is 2.42. The van der Waals surface area contributed by atoms with Gasteiger partial charge in [-0.1, -0.05) is 0 Å². The van der Waals surface area contributed by atoms with Gasteiger partial charge in [0.2, 0.25) is 12.4 Å².